The van der Waals surface area contributed by atoms with Crippen molar-refractivity contribution in [3.05, 3.63) is 54.2 Å². The van der Waals surface area contributed by atoms with Crippen molar-refractivity contribution < 1.29 is 9.18 Å². The Morgan fingerprint density at radius 3 is 3.04 bits per heavy atom. The lowest BCUT2D eigenvalue weighted by atomic mass is 9.97. The molecule has 1 atom stereocenters. The molecular formula is C20H22FN5O. The van der Waals surface area contributed by atoms with Crippen molar-refractivity contribution in [2.75, 3.05) is 24.5 Å². The molecule has 0 radical (unpaired) electrons. The molecule has 0 bridgehead atoms. The molecule has 1 aromatic carbocycles. The zero-order valence-electron chi connectivity index (χ0n) is 15.0. The van der Waals surface area contributed by atoms with E-state index in [4.69, 9.17) is 0 Å². The molecule has 3 aromatic rings. The van der Waals surface area contributed by atoms with Crippen LogP contribution in [0, 0.1) is 11.7 Å². The van der Waals surface area contributed by atoms with Gasteiger partial charge in [0.25, 0.3) is 0 Å². The van der Waals surface area contributed by atoms with Gasteiger partial charge in [-0.2, -0.15) is 0 Å². The summed E-state index contributed by atoms with van der Waals surface area (Å²) in [5.41, 5.74) is 1.91. The molecule has 1 saturated heterocycles. The summed E-state index contributed by atoms with van der Waals surface area (Å²) >= 11 is 0. The number of carbonyl (C=O) groups excluding carboxylic acids is 1. The van der Waals surface area contributed by atoms with Crippen molar-refractivity contribution in [3.63, 3.8) is 0 Å². The van der Waals surface area contributed by atoms with Gasteiger partial charge in [-0.3, -0.25) is 4.79 Å². The second kappa shape index (κ2) is 7.73. The van der Waals surface area contributed by atoms with Gasteiger partial charge in [-0.1, -0.05) is 0 Å². The number of aromatic amines is 1. The van der Waals surface area contributed by atoms with Crippen LogP contribution in [0.3, 0.4) is 0 Å². The number of amides is 1. The Morgan fingerprint density at radius 2 is 2.19 bits per heavy atom. The lowest BCUT2D eigenvalue weighted by Crippen LogP contribution is -2.44. The maximum absolute atomic E-state index is 13.5. The van der Waals surface area contributed by atoms with Crippen LogP contribution in [0.4, 0.5) is 10.3 Å². The minimum atomic E-state index is -0.252. The molecule has 0 unspecified atom stereocenters. The normalized spacial score (nSPS) is 17.2. The van der Waals surface area contributed by atoms with Crippen LogP contribution < -0.4 is 10.2 Å². The van der Waals surface area contributed by atoms with Crippen molar-refractivity contribution >= 4 is 22.8 Å². The van der Waals surface area contributed by atoms with Crippen LogP contribution in [0.5, 0.6) is 0 Å². The number of piperidine rings is 1. The van der Waals surface area contributed by atoms with E-state index in [1.807, 2.05) is 6.20 Å². The maximum Gasteiger partial charge on any atom is 0.225 e. The summed E-state index contributed by atoms with van der Waals surface area (Å²) in [6, 6.07) is 6.49. The number of benzene rings is 1. The molecule has 2 N–H and O–H groups in total. The molecule has 3 heterocycles. The monoisotopic (exact) mass is 367 g/mol. The fraction of sp³-hybridized carbons (Fsp3) is 0.350. The van der Waals surface area contributed by atoms with Gasteiger partial charge in [0, 0.05) is 49.1 Å². The first-order valence-corrected chi connectivity index (χ1v) is 9.26. The molecule has 7 heteroatoms. The van der Waals surface area contributed by atoms with E-state index in [0.29, 0.717) is 25.5 Å². The van der Waals surface area contributed by atoms with E-state index in [0.717, 1.165) is 35.9 Å². The van der Waals surface area contributed by atoms with Gasteiger partial charge in [0.05, 0.1) is 5.92 Å². The Balaban J connectivity index is 1.33. The summed E-state index contributed by atoms with van der Waals surface area (Å²) < 4.78 is 13.5. The number of nitrogens with zero attached hydrogens (tertiary/aromatic N) is 3. The summed E-state index contributed by atoms with van der Waals surface area (Å²) in [7, 11) is 0. The molecule has 1 fully saturated rings. The van der Waals surface area contributed by atoms with Gasteiger partial charge in [-0.05, 0) is 49.1 Å². The van der Waals surface area contributed by atoms with Crippen LogP contribution >= 0.6 is 0 Å². The molecule has 27 heavy (non-hydrogen) atoms. The minimum absolute atomic E-state index is 0.0571. The van der Waals surface area contributed by atoms with Crippen molar-refractivity contribution in [2.24, 2.45) is 5.92 Å². The number of halogens is 1. The topological polar surface area (TPSA) is 73.9 Å². The minimum Gasteiger partial charge on any atom is -0.361 e. The molecule has 0 spiro atoms. The molecule has 0 aliphatic carbocycles. The van der Waals surface area contributed by atoms with Gasteiger partial charge in [-0.15, -0.1) is 0 Å². The van der Waals surface area contributed by atoms with Gasteiger partial charge in [-0.25, -0.2) is 14.4 Å². The number of carbonyl (C=O) groups is 1. The quantitative estimate of drug-likeness (QED) is 0.727. The first kappa shape index (κ1) is 17.5. The number of hydrogen-bond donors (Lipinski definition) is 2. The number of hydrogen-bond acceptors (Lipinski definition) is 4. The molecule has 0 saturated carbocycles. The van der Waals surface area contributed by atoms with Crippen LogP contribution in [-0.2, 0) is 11.2 Å². The maximum atomic E-state index is 13.5. The molecule has 1 aliphatic rings. The highest BCUT2D eigenvalue weighted by Gasteiger charge is 2.26. The lowest BCUT2D eigenvalue weighted by molar-refractivity contribution is -0.125. The Morgan fingerprint density at radius 1 is 1.33 bits per heavy atom. The largest absolute Gasteiger partial charge is 0.361 e. The van der Waals surface area contributed by atoms with Crippen molar-refractivity contribution in [2.45, 2.75) is 19.3 Å². The molecule has 140 valence electrons. The number of rotatable bonds is 5. The third-order valence-electron chi connectivity index (χ3n) is 5.05. The van der Waals surface area contributed by atoms with E-state index < -0.39 is 0 Å². The first-order chi connectivity index (χ1) is 13.2. The Bertz CT molecular complexity index is 927. The SMILES string of the molecule is O=C(NCCc1c[nH]c2ccc(F)cc12)[C@@H]1CCCN(c2ncccn2)C1. The summed E-state index contributed by atoms with van der Waals surface area (Å²) in [5, 5.41) is 3.90. The number of aromatic nitrogens is 3. The Labute approximate surface area is 156 Å². The van der Waals surface area contributed by atoms with E-state index >= 15 is 0 Å². The Kier molecular flexibility index (Phi) is 5.00. The fourth-order valence-corrected chi connectivity index (χ4v) is 3.65. The number of fused-ring (bicyclic) bond motifs is 1. The van der Waals surface area contributed by atoms with Gasteiger partial charge < -0.3 is 15.2 Å². The molecule has 1 amide bonds. The van der Waals surface area contributed by atoms with E-state index in [-0.39, 0.29) is 17.6 Å². The predicted octanol–water partition coefficient (Wildman–Crippen LogP) is 2.67. The number of H-pyrrole nitrogens is 1. The van der Waals surface area contributed by atoms with Gasteiger partial charge >= 0.3 is 0 Å². The van der Waals surface area contributed by atoms with Crippen LogP contribution in [0.2, 0.25) is 0 Å². The van der Waals surface area contributed by atoms with Crippen LogP contribution in [0.15, 0.2) is 42.9 Å². The van der Waals surface area contributed by atoms with Crippen molar-refractivity contribution in [1.82, 2.24) is 20.3 Å². The zero-order chi connectivity index (χ0) is 18.6. The highest BCUT2D eigenvalue weighted by molar-refractivity contribution is 5.83. The van der Waals surface area contributed by atoms with Gasteiger partial charge in [0.15, 0.2) is 0 Å². The molecular weight excluding hydrogens is 345 g/mol. The van der Waals surface area contributed by atoms with E-state index in [9.17, 15) is 9.18 Å². The average molecular weight is 367 g/mol. The molecule has 4 rings (SSSR count). The first-order valence-electron chi connectivity index (χ1n) is 9.26. The highest BCUT2D eigenvalue weighted by atomic mass is 19.1. The summed E-state index contributed by atoms with van der Waals surface area (Å²) in [6.45, 7) is 2.03. The second-order valence-electron chi connectivity index (χ2n) is 6.88. The fourth-order valence-electron chi connectivity index (χ4n) is 3.65. The summed E-state index contributed by atoms with van der Waals surface area (Å²) in [5.74, 6) is 0.415. The van der Waals surface area contributed by atoms with Crippen molar-refractivity contribution in [1.29, 1.82) is 0 Å². The zero-order valence-corrected chi connectivity index (χ0v) is 15.0. The highest BCUT2D eigenvalue weighted by Crippen LogP contribution is 2.21. The molecule has 1 aliphatic heterocycles. The summed E-state index contributed by atoms with van der Waals surface area (Å²) in [6.07, 6.45) is 7.79. The van der Waals surface area contributed by atoms with E-state index in [1.165, 1.54) is 12.1 Å². The summed E-state index contributed by atoms with van der Waals surface area (Å²) in [4.78, 5) is 26.3. The van der Waals surface area contributed by atoms with E-state index in [1.54, 1.807) is 24.5 Å². The van der Waals surface area contributed by atoms with Crippen molar-refractivity contribution in [3.8, 4) is 0 Å². The number of nitrogens with one attached hydrogen (secondary N) is 2. The van der Waals surface area contributed by atoms with Crippen LogP contribution in [-0.4, -0.2) is 40.5 Å². The second-order valence-corrected chi connectivity index (χ2v) is 6.88. The third-order valence-corrected chi connectivity index (χ3v) is 5.05. The predicted molar refractivity (Wildman–Crippen MR) is 102 cm³/mol. The Hall–Kier alpha value is -2.96. The standard InChI is InChI=1S/C20H22FN5O/c21-16-4-5-18-17(11-16)14(12-25-18)6-9-22-19(27)15-3-1-10-26(13-15)20-23-7-2-8-24-20/h2,4-5,7-8,11-12,15,25H,1,3,6,9-10,13H2,(H,22,27)/t15-/m1/s1. The molecule has 2 aromatic heterocycles. The van der Waals surface area contributed by atoms with E-state index in [2.05, 4.69) is 25.2 Å². The molecule has 6 nitrogen and oxygen atoms in total. The average Bonchev–Trinajstić information content (AvgIpc) is 3.11. The third kappa shape index (κ3) is 3.92. The smallest absolute Gasteiger partial charge is 0.225 e. The van der Waals surface area contributed by atoms with Crippen LogP contribution in [0.1, 0.15) is 18.4 Å². The number of anilines is 1. The van der Waals surface area contributed by atoms with Crippen LogP contribution in [0.25, 0.3) is 10.9 Å². The van der Waals surface area contributed by atoms with Gasteiger partial charge in [0.1, 0.15) is 5.82 Å². The van der Waals surface area contributed by atoms with Gasteiger partial charge in [0.2, 0.25) is 11.9 Å². The lowest BCUT2D eigenvalue weighted by Gasteiger charge is -2.31.